The van der Waals surface area contributed by atoms with Crippen LogP contribution in [-0.4, -0.2) is 59.9 Å². The van der Waals surface area contributed by atoms with E-state index in [-0.39, 0.29) is 5.60 Å². The predicted molar refractivity (Wildman–Crippen MR) is 102 cm³/mol. The van der Waals surface area contributed by atoms with E-state index in [4.69, 9.17) is 9.47 Å². The van der Waals surface area contributed by atoms with E-state index in [1.165, 1.54) is 9.75 Å². The van der Waals surface area contributed by atoms with E-state index in [1.54, 1.807) is 18.6 Å². The molecule has 2 aromatic heterocycles. The first-order chi connectivity index (χ1) is 12.7. The summed E-state index contributed by atoms with van der Waals surface area (Å²) < 4.78 is 12.2. The van der Waals surface area contributed by atoms with Gasteiger partial charge in [-0.25, -0.2) is 4.98 Å². The van der Waals surface area contributed by atoms with E-state index in [2.05, 4.69) is 39.2 Å². The van der Waals surface area contributed by atoms with Gasteiger partial charge in [-0.2, -0.15) is 0 Å². The average molecular weight is 375 g/mol. The largest absolute Gasteiger partial charge is 0.377 e. The van der Waals surface area contributed by atoms with Gasteiger partial charge in [0.1, 0.15) is 11.4 Å². The van der Waals surface area contributed by atoms with Crippen LogP contribution in [0.3, 0.4) is 0 Å². The second-order valence-corrected chi connectivity index (χ2v) is 8.68. The Hall–Kier alpha value is -1.54. The summed E-state index contributed by atoms with van der Waals surface area (Å²) in [5.41, 5.74) is -0.183. The number of nitrogens with one attached hydrogen (secondary N) is 1. The van der Waals surface area contributed by atoms with Crippen LogP contribution in [0.15, 0.2) is 30.7 Å². The lowest BCUT2D eigenvalue weighted by Gasteiger charge is -2.31. The molecule has 0 unspecified atom stereocenters. The molecule has 0 amide bonds. The van der Waals surface area contributed by atoms with E-state index in [0.717, 1.165) is 51.6 Å². The van der Waals surface area contributed by atoms with Gasteiger partial charge in [0.05, 0.1) is 26.0 Å². The molecule has 0 aromatic carbocycles. The zero-order valence-corrected chi connectivity index (χ0v) is 16.0. The van der Waals surface area contributed by atoms with Crippen molar-refractivity contribution in [2.24, 2.45) is 5.92 Å². The van der Waals surface area contributed by atoms with Crippen molar-refractivity contribution in [1.82, 2.24) is 14.9 Å². The molecule has 0 bridgehead atoms. The standard InChI is InChI=1S/C19H26N4O2S/c1-15-2-3-17(26-15)11-23-6-7-24-14-19(13-23)8-16(12-25-19)9-22-18-10-20-4-5-21-18/h2-5,10,16H,6-9,11-14H2,1H3,(H,21,22)/t16-,19-/m0/s1. The molecule has 1 spiro atoms. The van der Waals surface area contributed by atoms with Crippen molar-refractivity contribution < 1.29 is 9.47 Å². The molecule has 0 saturated carbocycles. The Morgan fingerprint density at radius 1 is 1.38 bits per heavy atom. The maximum absolute atomic E-state index is 6.30. The molecule has 2 aromatic rings. The monoisotopic (exact) mass is 374 g/mol. The van der Waals surface area contributed by atoms with Crippen LogP contribution < -0.4 is 5.32 Å². The van der Waals surface area contributed by atoms with Crippen molar-refractivity contribution in [3.63, 3.8) is 0 Å². The molecular formula is C19H26N4O2S. The van der Waals surface area contributed by atoms with E-state index in [1.807, 2.05) is 11.3 Å². The zero-order chi connectivity index (χ0) is 17.8. The fourth-order valence-electron chi connectivity index (χ4n) is 3.83. The Morgan fingerprint density at radius 2 is 2.35 bits per heavy atom. The Morgan fingerprint density at radius 3 is 3.15 bits per heavy atom. The first kappa shape index (κ1) is 17.9. The van der Waals surface area contributed by atoms with E-state index < -0.39 is 0 Å². The molecule has 2 saturated heterocycles. The van der Waals surface area contributed by atoms with Crippen LogP contribution in [-0.2, 0) is 16.0 Å². The van der Waals surface area contributed by atoms with Gasteiger partial charge in [0.2, 0.25) is 0 Å². The third kappa shape index (κ3) is 4.40. The summed E-state index contributed by atoms with van der Waals surface area (Å²) in [4.78, 5) is 13.6. The second kappa shape index (κ2) is 8.00. The first-order valence-corrected chi connectivity index (χ1v) is 10.0. The minimum atomic E-state index is -0.183. The van der Waals surface area contributed by atoms with Gasteiger partial charge in [0, 0.05) is 54.2 Å². The molecule has 7 heteroatoms. The second-order valence-electron chi connectivity index (χ2n) is 7.31. The van der Waals surface area contributed by atoms with Gasteiger partial charge in [0.25, 0.3) is 0 Å². The van der Waals surface area contributed by atoms with Gasteiger partial charge in [-0.1, -0.05) is 0 Å². The van der Waals surface area contributed by atoms with E-state index in [0.29, 0.717) is 12.5 Å². The smallest absolute Gasteiger partial charge is 0.144 e. The molecule has 4 heterocycles. The number of aryl methyl sites for hydroxylation is 1. The summed E-state index contributed by atoms with van der Waals surface area (Å²) >= 11 is 1.88. The molecule has 140 valence electrons. The van der Waals surface area contributed by atoms with E-state index in [9.17, 15) is 0 Å². The van der Waals surface area contributed by atoms with Crippen molar-refractivity contribution in [3.8, 4) is 0 Å². The van der Waals surface area contributed by atoms with Gasteiger partial charge in [-0.3, -0.25) is 9.88 Å². The van der Waals surface area contributed by atoms with Crippen LogP contribution in [0, 0.1) is 12.8 Å². The quantitative estimate of drug-likeness (QED) is 0.868. The molecule has 26 heavy (non-hydrogen) atoms. The minimum absolute atomic E-state index is 0.183. The Kier molecular flexibility index (Phi) is 5.49. The predicted octanol–water partition coefficient (Wildman–Crippen LogP) is 2.57. The molecule has 4 rings (SSSR count). The molecule has 2 fully saturated rings. The lowest BCUT2D eigenvalue weighted by atomic mass is 9.94. The Bertz CT molecular complexity index is 711. The third-order valence-corrected chi connectivity index (χ3v) is 6.01. The topological polar surface area (TPSA) is 59.5 Å². The first-order valence-electron chi connectivity index (χ1n) is 9.20. The van der Waals surface area contributed by atoms with Crippen LogP contribution in [0.2, 0.25) is 0 Å². The fraction of sp³-hybridized carbons (Fsp3) is 0.579. The SMILES string of the molecule is Cc1ccc(CN2CCOC[C@]3(C[C@@H](CNc4cnccn4)CO3)C2)s1. The van der Waals surface area contributed by atoms with Crippen LogP contribution in [0.5, 0.6) is 0 Å². The molecular weight excluding hydrogens is 348 g/mol. The normalized spacial score (nSPS) is 26.9. The molecule has 2 atom stereocenters. The van der Waals surface area contributed by atoms with Crippen LogP contribution in [0.4, 0.5) is 5.82 Å². The Balaban J connectivity index is 1.34. The van der Waals surface area contributed by atoms with Crippen LogP contribution in [0.25, 0.3) is 0 Å². The summed E-state index contributed by atoms with van der Waals surface area (Å²) in [7, 11) is 0. The highest BCUT2D eigenvalue weighted by Crippen LogP contribution is 2.33. The van der Waals surface area contributed by atoms with Crippen molar-refractivity contribution in [3.05, 3.63) is 40.5 Å². The number of hydrogen-bond acceptors (Lipinski definition) is 7. The van der Waals surface area contributed by atoms with Gasteiger partial charge in [-0.05, 0) is 25.5 Å². The summed E-state index contributed by atoms with van der Waals surface area (Å²) in [6, 6.07) is 4.44. The van der Waals surface area contributed by atoms with Crippen molar-refractivity contribution in [2.75, 3.05) is 44.8 Å². The van der Waals surface area contributed by atoms with Crippen LogP contribution in [0.1, 0.15) is 16.2 Å². The maximum Gasteiger partial charge on any atom is 0.144 e. The molecule has 0 radical (unpaired) electrons. The molecule has 6 nitrogen and oxygen atoms in total. The van der Waals surface area contributed by atoms with E-state index >= 15 is 0 Å². The number of thiophene rings is 1. The number of anilines is 1. The highest BCUT2D eigenvalue weighted by Gasteiger charge is 2.43. The van der Waals surface area contributed by atoms with Gasteiger partial charge in [-0.15, -0.1) is 11.3 Å². The maximum atomic E-state index is 6.30. The molecule has 1 N–H and O–H groups in total. The summed E-state index contributed by atoms with van der Waals surface area (Å²) in [6.45, 7) is 8.13. The zero-order valence-electron chi connectivity index (χ0n) is 15.2. The Labute approximate surface area is 158 Å². The minimum Gasteiger partial charge on any atom is -0.377 e. The summed E-state index contributed by atoms with van der Waals surface area (Å²) in [5.74, 6) is 1.28. The molecule has 2 aliphatic rings. The van der Waals surface area contributed by atoms with Crippen LogP contribution >= 0.6 is 11.3 Å². The summed E-state index contributed by atoms with van der Waals surface area (Å²) in [5, 5.41) is 3.37. The fourth-order valence-corrected chi connectivity index (χ4v) is 4.76. The average Bonchev–Trinajstić information content (AvgIpc) is 3.18. The number of hydrogen-bond donors (Lipinski definition) is 1. The van der Waals surface area contributed by atoms with Crippen molar-refractivity contribution in [1.29, 1.82) is 0 Å². The highest BCUT2D eigenvalue weighted by atomic mass is 32.1. The number of nitrogens with zero attached hydrogens (tertiary/aromatic N) is 3. The van der Waals surface area contributed by atoms with Gasteiger partial charge in [0.15, 0.2) is 0 Å². The lowest BCUT2D eigenvalue weighted by molar-refractivity contribution is -0.0561. The number of ether oxygens (including phenoxy) is 2. The number of rotatable bonds is 5. The third-order valence-electron chi connectivity index (χ3n) is 5.03. The molecule has 2 aliphatic heterocycles. The van der Waals surface area contributed by atoms with Crippen molar-refractivity contribution >= 4 is 17.2 Å². The molecule has 0 aliphatic carbocycles. The highest BCUT2D eigenvalue weighted by molar-refractivity contribution is 7.11. The van der Waals surface area contributed by atoms with Gasteiger partial charge < -0.3 is 14.8 Å². The number of aromatic nitrogens is 2. The lowest BCUT2D eigenvalue weighted by Crippen LogP contribution is -2.43. The van der Waals surface area contributed by atoms with Gasteiger partial charge >= 0.3 is 0 Å². The summed E-state index contributed by atoms with van der Waals surface area (Å²) in [6.07, 6.45) is 6.16. The van der Waals surface area contributed by atoms with Crippen molar-refractivity contribution in [2.45, 2.75) is 25.5 Å².